The summed E-state index contributed by atoms with van der Waals surface area (Å²) in [5.74, 6) is 0.317. The largest absolute Gasteiger partial charge is 0.375 e. The van der Waals surface area contributed by atoms with E-state index >= 15 is 0 Å². The van der Waals surface area contributed by atoms with Gasteiger partial charge in [0.2, 0.25) is 0 Å². The fourth-order valence-electron chi connectivity index (χ4n) is 3.32. The monoisotopic (exact) mass is 332 g/mol. The molecular weight excluding hydrogens is 312 g/mol. The maximum Gasteiger partial charge on any atom is 0.277 e. The topological polar surface area (TPSA) is 79.9 Å². The highest BCUT2D eigenvalue weighted by molar-refractivity contribution is 7.15. The van der Waals surface area contributed by atoms with Crippen molar-refractivity contribution in [3.8, 4) is 0 Å². The normalized spacial score (nSPS) is 18.6. The minimum absolute atomic E-state index is 0.199. The zero-order chi connectivity index (χ0) is 15.6. The molecule has 1 aliphatic heterocycles. The number of hydrogen-bond acceptors (Lipinski definition) is 5. The van der Waals surface area contributed by atoms with E-state index in [2.05, 4.69) is 20.5 Å². The molecule has 3 heterocycles. The molecule has 7 heteroatoms. The van der Waals surface area contributed by atoms with Crippen LogP contribution in [0.5, 0.6) is 0 Å². The van der Waals surface area contributed by atoms with Crippen LogP contribution < -0.4 is 5.32 Å². The summed E-state index contributed by atoms with van der Waals surface area (Å²) in [6.45, 7) is 1.30. The van der Waals surface area contributed by atoms with Crippen LogP contribution in [-0.2, 0) is 17.8 Å². The summed E-state index contributed by atoms with van der Waals surface area (Å²) in [7, 11) is 0. The summed E-state index contributed by atoms with van der Waals surface area (Å²) in [5.41, 5.74) is 2.57. The van der Waals surface area contributed by atoms with Gasteiger partial charge in [0.05, 0.1) is 23.8 Å². The number of carbonyl (C=O) groups excluding carboxylic acids is 1. The fourth-order valence-corrected chi connectivity index (χ4v) is 4.26. The predicted molar refractivity (Wildman–Crippen MR) is 87.8 cm³/mol. The van der Waals surface area contributed by atoms with Crippen molar-refractivity contribution in [1.82, 2.24) is 15.2 Å². The quantitative estimate of drug-likeness (QED) is 0.904. The van der Waals surface area contributed by atoms with Gasteiger partial charge in [-0.15, -0.1) is 0 Å². The Morgan fingerprint density at radius 1 is 1.35 bits per heavy atom. The minimum Gasteiger partial charge on any atom is -0.375 e. The van der Waals surface area contributed by atoms with Crippen LogP contribution in [0, 0.1) is 0 Å². The molecule has 6 nitrogen and oxygen atoms in total. The number of carbonyl (C=O) groups is 1. The number of rotatable bonds is 3. The molecule has 1 saturated carbocycles. The zero-order valence-electron chi connectivity index (χ0n) is 12.9. The third-order valence-corrected chi connectivity index (χ3v) is 5.58. The fraction of sp³-hybridized carbons (Fsp3) is 0.562. The van der Waals surface area contributed by atoms with E-state index < -0.39 is 0 Å². The highest BCUT2D eigenvalue weighted by Crippen LogP contribution is 2.32. The van der Waals surface area contributed by atoms with Crippen LogP contribution in [0.25, 0.3) is 0 Å². The number of nitrogens with one attached hydrogen (secondary N) is 2. The molecule has 4 rings (SSSR count). The molecule has 1 fully saturated rings. The second-order valence-electron chi connectivity index (χ2n) is 6.19. The molecule has 0 bridgehead atoms. The van der Waals surface area contributed by atoms with Crippen molar-refractivity contribution >= 4 is 22.4 Å². The molecule has 2 aromatic heterocycles. The Balaban J connectivity index is 1.44. The van der Waals surface area contributed by atoms with Crippen LogP contribution in [0.4, 0.5) is 5.13 Å². The first-order valence-electron chi connectivity index (χ1n) is 8.22. The van der Waals surface area contributed by atoms with E-state index in [-0.39, 0.29) is 5.91 Å². The summed E-state index contributed by atoms with van der Waals surface area (Å²) >= 11 is 1.49. The summed E-state index contributed by atoms with van der Waals surface area (Å²) in [6, 6.07) is 1.89. The number of hydrogen-bond donors (Lipinski definition) is 2. The second-order valence-corrected chi connectivity index (χ2v) is 7.27. The molecule has 23 heavy (non-hydrogen) atoms. The summed E-state index contributed by atoms with van der Waals surface area (Å²) in [6.07, 6.45) is 7.02. The van der Waals surface area contributed by atoms with Crippen molar-refractivity contribution in [1.29, 1.82) is 0 Å². The maximum absolute atomic E-state index is 12.4. The Kier molecular flexibility index (Phi) is 4.13. The van der Waals surface area contributed by atoms with E-state index in [4.69, 9.17) is 4.74 Å². The van der Waals surface area contributed by atoms with E-state index in [0.717, 1.165) is 22.7 Å². The maximum atomic E-state index is 12.4. The van der Waals surface area contributed by atoms with E-state index in [1.165, 1.54) is 43.4 Å². The molecule has 0 unspecified atom stereocenters. The summed E-state index contributed by atoms with van der Waals surface area (Å²) in [5, 5.41) is 10.7. The minimum atomic E-state index is -0.199. The van der Waals surface area contributed by atoms with Crippen LogP contribution >= 0.6 is 11.3 Å². The van der Waals surface area contributed by atoms with Gasteiger partial charge in [-0.3, -0.25) is 15.2 Å². The predicted octanol–water partition coefficient (Wildman–Crippen LogP) is 3.24. The lowest BCUT2D eigenvalue weighted by Gasteiger charge is -2.19. The van der Waals surface area contributed by atoms with Gasteiger partial charge in [-0.1, -0.05) is 30.6 Å². The van der Waals surface area contributed by atoms with Crippen molar-refractivity contribution in [3.63, 3.8) is 0 Å². The van der Waals surface area contributed by atoms with Crippen molar-refractivity contribution in [2.24, 2.45) is 0 Å². The molecule has 0 aromatic carbocycles. The van der Waals surface area contributed by atoms with Gasteiger partial charge in [-0.05, 0) is 18.9 Å². The number of ether oxygens (including phenoxy) is 1. The van der Waals surface area contributed by atoms with E-state index in [0.29, 0.717) is 30.0 Å². The Hall–Kier alpha value is -1.73. The van der Waals surface area contributed by atoms with Crippen LogP contribution in [0.15, 0.2) is 6.07 Å². The van der Waals surface area contributed by atoms with E-state index in [1.807, 2.05) is 6.07 Å². The highest BCUT2D eigenvalue weighted by Gasteiger charge is 2.21. The summed E-state index contributed by atoms with van der Waals surface area (Å²) < 4.78 is 5.41. The lowest BCUT2D eigenvalue weighted by atomic mass is 9.87. The SMILES string of the molecule is O=C(Nc1nc2c(s1)COCC2)c1cc(C2CCCCC2)[nH]n1. The zero-order valence-corrected chi connectivity index (χ0v) is 13.7. The molecular formula is C16H20N4O2S. The smallest absolute Gasteiger partial charge is 0.277 e. The summed E-state index contributed by atoms with van der Waals surface area (Å²) in [4.78, 5) is 18.0. The van der Waals surface area contributed by atoms with Gasteiger partial charge in [0.15, 0.2) is 10.8 Å². The van der Waals surface area contributed by atoms with Gasteiger partial charge in [0, 0.05) is 18.0 Å². The Morgan fingerprint density at radius 2 is 2.22 bits per heavy atom. The molecule has 2 aliphatic rings. The number of thiazole rings is 1. The molecule has 0 radical (unpaired) electrons. The van der Waals surface area contributed by atoms with Crippen molar-refractivity contribution in [2.75, 3.05) is 11.9 Å². The van der Waals surface area contributed by atoms with Gasteiger partial charge in [0.1, 0.15) is 0 Å². The Labute approximate surface area is 138 Å². The standard InChI is InChI=1S/C16H20N4O2S/c21-15(18-16-17-11-6-7-22-9-14(11)23-16)13-8-12(19-20-13)10-4-2-1-3-5-10/h8,10H,1-7,9H2,(H,19,20)(H,17,18,21). The third kappa shape index (κ3) is 3.16. The second kappa shape index (κ2) is 6.41. The number of H-pyrrole nitrogens is 1. The van der Waals surface area contributed by atoms with Gasteiger partial charge in [-0.2, -0.15) is 5.10 Å². The highest BCUT2D eigenvalue weighted by atomic mass is 32.1. The number of amides is 1. The van der Waals surface area contributed by atoms with Crippen molar-refractivity contribution in [2.45, 2.75) is 51.0 Å². The van der Waals surface area contributed by atoms with Crippen LogP contribution in [0.1, 0.15) is 64.8 Å². The van der Waals surface area contributed by atoms with E-state index in [1.54, 1.807) is 0 Å². The van der Waals surface area contributed by atoms with Gasteiger partial charge in [0.25, 0.3) is 5.91 Å². The number of aromatic amines is 1. The third-order valence-electron chi connectivity index (χ3n) is 4.59. The average molecular weight is 332 g/mol. The first-order chi connectivity index (χ1) is 11.3. The first kappa shape index (κ1) is 14.8. The average Bonchev–Trinajstić information content (AvgIpc) is 3.22. The van der Waals surface area contributed by atoms with Crippen LogP contribution in [-0.4, -0.2) is 27.7 Å². The van der Waals surface area contributed by atoms with Crippen LogP contribution in [0.3, 0.4) is 0 Å². The van der Waals surface area contributed by atoms with Gasteiger partial charge >= 0.3 is 0 Å². The molecule has 2 aromatic rings. The van der Waals surface area contributed by atoms with Crippen LogP contribution in [0.2, 0.25) is 0 Å². The molecule has 1 amide bonds. The van der Waals surface area contributed by atoms with Gasteiger partial charge < -0.3 is 4.74 Å². The molecule has 1 aliphatic carbocycles. The Morgan fingerprint density at radius 3 is 3.04 bits per heavy atom. The molecule has 122 valence electrons. The van der Waals surface area contributed by atoms with Gasteiger partial charge in [-0.25, -0.2) is 4.98 Å². The molecule has 2 N–H and O–H groups in total. The lowest BCUT2D eigenvalue weighted by Crippen LogP contribution is -2.12. The van der Waals surface area contributed by atoms with E-state index in [9.17, 15) is 4.79 Å². The number of anilines is 1. The Bertz CT molecular complexity index is 679. The molecule has 0 saturated heterocycles. The van der Waals surface area contributed by atoms with Crippen molar-refractivity contribution in [3.05, 3.63) is 28.0 Å². The molecule has 0 spiro atoms. The number of aromatic nitrogens is 3. The first-order valence-corrected chi connectivity index (χ1v) is 9.04. The van der Waals surface area contributed by atoms with Crippen molar-refractivity contribution < 1.29 is 9.53 Å². The number of nitrogens with zero attached hydrogens (tertiary/aromatic N) is 2. The number of fused-ring (bicyclic) bond motifs is 1. The molecule has 0 atom stereocenters. The lowest BCUT2D eigenvalue weighted by molar-refractivity contribution is 0.102.